The average molecular weight is 698 g/mol. The van der Waals surface area contributed by atoms with Crippen LogP contribution in [0.5, 0.6) is 0 Å². The van der Waals surface area contributed by atoms with Crippen molar-refractivity contribution in [3.63, 3.8) is 0 Å². The van der Waals surface area contributed by atoms with Gasteiger partial charge < -0.3 is 13.0 Å². The Bertz CT molecular complexity index is 2710. The second-order valence-corrected chi connectivity index (χ2v) is 16.0. The molecule has 2 unspecified atom stereocenters. The predicted molar refractivity (Wildman–Crippen MR) is 207 cm³/mol. The summed E-state index contributed by atoms with van der Waals surface area (Å²) in [4.78, 5) is 29.6. The number of fused-ring (bicyclic) bond motifs is 7. The van der Waals surface area contributed by atoms with Crippen molar-refractivity contribution in [2.45, 2.75) is 9.79 Å². The average Bonchev–Trinajstić information content (AvgIpc) is 3.52. The molecule has 1 aromatic heterocycles. The van der Waals surface area contributed by atoms with Gasteiger partial charge in [-0.3, -0.25) is 9.59 Å². The van der Waals surface area contributed by atoms with Gasteiger partial charge in [0.1, 0.15) is 0 Å². The van der Waals surface area contributed by atoms with Gasteiger partial charge in [-0.25, -0.2) is 20.8 Å². The van der Waals surface area contributed by atoms with E-state index in [4.69, 9.17) is 0 Å². The predicted octanol–water partition coefficient (Wildman–Crippen LogP) is 8.98. The van der Waals surface area contributed by atoms with Gasteiger partial charge in [-0.2, -0.15) is 0 Å². The van der Waals surface area contributed by atoms with Crippen LogP contribution in [0.2, 0.25) is 0 Å². The van der Waals surface area contributed by atoms with Crippen molar-refractivity contribution >= 4 is 63.9 Å². The Kier molecular flexibility index (Phi) is 6.72. The topological polar surface area (TPSA) is 73.2 Å². The number of rotatable bonds is 3. The molecule has 0 saturated heterocycles. The lowest BCUT2D eigenvalue weighted by atomic mass is 9.89. The summed E-state index contributed by atoms with van der Waals surface area (Å²) in [7, 11) is -2.78. The lowest BCUT2D eigenvalue weighted by molar-refractivity contribution is 0.0961. The van der Waals surface area contributed by atoms with Crippen LogP contribution in [0.3, 0.4) is 0 Å². The van der Waals surface area contributed by atoms with Crippen molar-refractivity contribution < 1.29 is 18.0 Å². The van der Waals surface area contributed by atoms with E-state index in [1.807, 2.05) is 91.1 Å². The molecule has 51 heavy (non-hydrogen) atoms. The highest BCUT2D eigenvalue weighted by molar-refractivity contribution is 7.86. The molecule has 2 atom stereocenters. The number of para-hydroxylation sites is 1. The fourth-order valence-corrected chi connectivity index (χ4v) is 10.6. The standard InChI is InChI=1S/C44H27NO4S2/c46-43-33-10-4-6-12-39(33)50(48)41-20-16-26(22-35(41)43)28-14-18-31-32-19-15-29(25-38(32)45(37(31)24-28)30-8-2-1-3-9-30)27-17-21-42-36(23-27)44(47)34-11-5-7-13-40(34)51(42)49/h1-25,33-34H/q-2. The van der Waals surface area contributed by atoms with Crippen LogP contribution < -0.4 is 0 Å². The van der Waals surface area contributed by atoms with E-state index in [1.54, 1.807) is 12.2 Å². The molecule has 5 nitrogen and oxygen atoms in total. The molecular formula is C44H27NO4S2-2. The van der Waals surface area contributed by atoms with Crippen molar-refractivity contribution in [3.8, 4) is 27.9 Å². The number of carbonyl (C=O) groups is 2. The highest BCUT2D eigenvalue weighted by atomic mass is 32.2. The number of Topliss-reactive ketones (excluding diaryl/α,β-unsaturated/α-hetero) is 2. The molecule has 0 amide bonds. The molecular weight excluding hydrogens is 671 g/mol. The third-order valence-electron chi connectivity index (χ3n) is 10.3. The maximum absolute atomic E-state index is 13.6. The quantitative estimate of drug-likeness (QED) is 0.137. The van der Waals surface area contributed by atoms with E-state index in [2.05, 4.69) is 53.1 Å². The van der Waals surface area contributed by atoms with Gasteiger partial charge in [0, 0.05) is 39.4 Å². The molecule has 10 rings (SSSR count). The zero-order chi connectivity index (χ0) is 34.4. The molecule has 246 valence electrons. The highest BCUT2D eigenvalue weighted by Gasteiger charge is 2.27. The maximum atomic E-state index is 13.6. The number of ketones is 2. The van der Waals surface area contributed by atoms with Crippen LogP contribution in [-0.2, 0) is 29.2 Å². The Hall–Kier alpha value is -5.76. The lowest BCUT2D eigenvalue weighted by Gasteiger charge is -2.30. The van der Waals surface area contributed by atoms with Crippen LogP contribution in [0.25, 0.3) is 49.7 Å². The molecule has 0 N–H and O–H groups in total. The molecule has 0 bridgehead atoms. The molecule has 0 radical (unpaired) electrons. The third kappa shape index (κ3) is 4.51. The first kappa shape index (κ1) is 30.1. The largest absolute Gasteiger partial charge is 0.457 e. The van der Waals surface area contributed by atoms with E-state index < -0.39 is 32.6 Å². The number of nitrogens with zero attached hydrogens (tertiary/aromatic N) is 1. The van der Waals surface area contributed by atoms with Crippen molar-refractivity contribution in [2.24, 2.45) is 11.8 Å². The summed E-state index contributed by atoms with van der Waals surface area (Å²) in [5.74, 6) is -1.06. The van der Waals surface area contributed by atoms with E-state index in [-0.39, 0.29) is 11.6 Å². The first-order valence-corrected chi connectivity index (χ1v) is 19.0. The fourth-order valence-electron chi connectivity index (χ4n) is 7.79. The van der Waals surface area contributed by atoms with Crippen LogP contribution in [-0.4, -0.2) is 25.9 Å². The van der Waals surface area contributed by atoms with Crippen LogP contribution in [0.1, 0.15) is 20.7 Å². The first-order chi connectivity index (χ1) is 25.0. The monoisotopic (exact) mass is 697 g/mol. The van der Waals surface area contributed by atoms with Gasteiger partial charge in [0.05, 0.1) is 11.0 Å². The molecule has 4 aliphatic rings. The van der Waals surface area contributed by atoms with Crippen LogP contribution in [0.15, 0.2) is 162 Å². The Morgan fingerprint density at radius 3 is 1.43 bits per heavy atom. The zero-order valence-corrected chi connectivity index (χ0v) is 28.6. The van der Waals surface area contributed by atoms with Gasteiger partial charge in [-0.05, 0) is 58.7 Å². The van der Waals surface area contributed by atoms with Crippen LogP contribution in [0, 0.1) is 11.8 Å². The number of allylic oxidation sites excluding steroid dienone is 8. The number of hydrogen-bond acceptors (Lipinski definition) is 6. The summed E-state index contributed by atoms with van der Waals surface area (Å²) in [5, 5.41) is 2.16. The van der Waals surface area contributed by atoms with E-state index in [9.17, 15) is 18.0 Å². The minimum atomic E-state index is -1.39. The molecule has 0 spiro atoms. The molecule has 2 aliphatic heterocycles. The van der Waals surface area contributed by atoms with Gasteiger partial charge in [0.2, 0.25) is 0 Å². The SMILES string of the molecule is O=C1c2cc(-c3ccc4c5ccc(-c6ccc7c(c6)C(=O)C6C=CC=CC6=[S-]7=O)cc5n(-c5ccccc5)c4c3)ccc2[S-](=O)=C2C=CC=CC12. The molecule has 0 fully saturated rings. The summed E-state index contributed by atoms with van der Waals surface area (Å²) in [6, 6.07) is 34.2. The maximum Gasteiger partial charge on any atom is 0.170 e. The second kappa shape index (κ2) is 11.4. The highest BCUT2D eigenvalue weighted by Crippen LogP contribution is 2.39. The van der Waals surface area contributed by atoms with Gasteiger partial charge >= 0.3 is 0 Å². The normalized spacial score (nSPS) is 19.5. The summed E-state index contributed by atoms with van der Waals surface area (Å²) in [6.45, 7) is 0. The molecule has 6 aromatic rings. The summed E-state index contributed by atoms with van der Waals surface area (Å²) in [6.07, 6.45) is 14.6. The molecule has 5 aromatic carbocycles. The third-order valence-corrected chi connectivity index (χ3v) is 13.4. The van der Waals surface area contributed by atoms with Crippen molar-refractivity contribution in [2.75, 3.05) is 0 Å². The molecule has 3 heterocycles. The van der Waals surface area contributed by atoms with E-state index in [1.165, 1.54) is 0 Å². The fraction of sp³-hybridized carbons (Fsp3) is 0.0455. The summed E-state index contributed by atoms with van der Waals surface area (Å²) < 4.78 is 29.1. The van der Waals surface area contributed by atoms with Gasteiger partial charge in [0.15, 0.2) is 11.6 Å². The van der Waals surface area contributed by atoms with E-state index >= 15 is 0 Å². The molecule has 0 saturated carbocycles. The van der Waals surface area contributed by atoms with Crippen molar-refractivity contribution in [1.29, 1.82) is 0 Å². The number of aromatic nitrogens is 1. The number of hydrogen-bond donors (Lipinski definition) is 0. The minimum absolute atomic E-state index is 0.0326. The van der Waals surface area contributed by atoms with Gasteiger partial charge in [0.25, 0.3) is 0 Å². The summed E-state index contributed by atoms with van der Waals surface area (Å²) in [5.41, 5.74) is 7.67. The lowest BCUT2D eigenvalue weighted by Crippen LogP contribution is -2.29. The Labute approximate surface area is 297 Å². The Morgan fingerprint density at radius 1 is 0.490 bits per heavy atom. The van der Waals surface area contributed by atoms with Gasteiger partial charge in [-0.15, -0.1) is 19.5 Å². The zero-order valence-electron chi connectivity index (χ0n) is 27.0. The number of benzene rings is 5. The number of carbonyl (C=O) groups excluding carboxylic acids is 2. The molecule has 2 aliphatic carbocycles. The van der Waals surface area contributed by atoms with E-state index in [0.717, 1.165) is 49.7 Å². The van der Waals surface area contributed by atoms with Gasteiger partial charge in [-0.1, -0.05) is 115 Å². The van der Waals surface area contributed by atoms with Crippen LogP contribution in [0.4, 0.5) is 0 Å². The Morgan fingerprint density at radius 2 is 0.941 bits per heavy atom. The van der Waals surface area contributed by atoms with E-state index in [0.29, 0.717) is 30.6 Å². The second-order valence-electron chi connectivity index (χ2n) is 13.1. The molecule has 7 heteroatoms. The van der Waals surface area contributed by atoms with Crippen molar-refractivity contribution in [1.82, 2.24) is 4.57 Å². The minimum Gasteiger partial charge on any atom is -0.457 e. The van der Waals surface area contributed by atoms with Crippen LogP contribution >= 0.6 is 0 Å². The first-order valence-electron chi connectivity index (χ1n) is 16.7. The Balaban J connectivity index is 1.13. The smallest absolute Gasteiger partial charge is 0.170 e. The van der Waals surface area contributed by atoms with Crippen molar-refractivity contribution in [3.05, 3.63) is 163 Å². The summed E-state index contributed by atoms with van der Waals surface area (Å²) >= 11 is 0.